The molecule has 0 amide bonds. The summed E-state index contributed by atoms with van der Waals surface area (Å²) in [6.45, 7) is 5.67. The van der Waals surface area contributed by atoms with E-state index in [-0.39, 0.29) is 5.75 Å². The van der Waals surface area contributed by atoms with Crippen molar-refractivity contribution < 1.29 is 13.5 Å². The normalized spacial score (nSPS) is 10.7. The van der Waals surface area contributed by atoms with Crippen LogP contribution in [0.15, 0.2) is 36.4 Å². The zero-order chi connectivity index (χ0) is 15.2. The highest BCUT2D eigenvalue weighted by molar-refractivity contribution is 5.40. The minimum absolute atomic E-state index is 0.0261. The van der Waals surface area contributed by atoms with E-state index < -0.39 is 11.6 Å². The van der Waals surface area contributed by atoms with Crippen molar-refractivity contribution in [2.45, 2.75) is 26.8 Å². The molecule has 0 aliphatic rings. The smallest absolute Gasteiger partial charge is 0.168 e. The Kier molecular flexibility index (Phi) is 5.28. The number of ether oxygens (including phenoxy) is 1. The van der Waals surface area contributed by atoms with Crippen LogP contribution in [0.25, 0.3) is 0 Å². The number of aryl methyl sites for hydroxylation is 1. The third-order valence-electron chi connectivity index (χ3n) is 3.12. The fourth-order valence-corrected chi connectivity index (χ4v) is 1.95. The number of rotatable bonds is 6. The second-order valence-corrected chi connectivity index (χ2v) is 4.95. The molecule has 1 N–H and O–H groups in total. The van der Waals surface area contributed by atoms with Crippen molar-refractivity contribution in [2.24, 2.45) is 0 Å². The summed E-state index contributed by atoms with van der Waals surface area (Å²) in [6, 6.07) is 9.11. The van der Waals surface area contributed by atoms with Crippen molar-refractivity contribution in [3.05, 3.63) is 59.2 Å². The summed E-state index contributed by atoms with van der Waals surface area (Å²) >= 11 is 0. The molecule has 0 aromatic heterocycles. The molecule has 2 aromatic carbocycles. The van der Waals surface area contributed by atoms with Crippen molar-refractivity contribution in [2.75, 3.05) is 6.54 Å². The molecule has 0 aliphatic carbocycles. The average molecular weight is 291 g/mol. The van der Waals surface area contributed by atoms with Gasteiger partial charge in [-0.05, 0) is 49.2 Å². The zero-order valence-electron chi connectivity index (χ0n) is 12.2. The molecule has 0 spiro atoms. The monoisotopic (exact) mass is 291 g/mol. The van der Waals surface area contributed by atoms with E-state index in [2.05, 4.69) is 12.2 Å². The van der Waals surface area contributed by atoms with Crippen molar-refractivity contribution in [3.8, 4) is 11.5 Å². The van der Waals surface area contributed by atoms with Gasteiger partial charge in [0.2, 0.25) is 0 Å². The van der Waals surface area contributed by atoms with Crippen LogP contribution in [0.4, 0.5) is 8.78 Å². The SMILES string of the molecule is CCCNCc1ccc(C)c(Oc2ccc(F)cc2F)c1. The maximum Gasteiger partial charge on any atom is 0.168 e. The van der Waals surface area contributed by atoms with Crippen LogP contribution in [-0.4, -0.2) is 6.54 Å². The Balaban J connectivity index is 2.16. The van der Waals surface area contributed by atoms with Gasteiger partial charge >= 0.3 is 0 Å². The zero-order valence-corrected chi connectivity index (χ0v) is 12.2. The van der Waals surface area contributed by atoms with Crippen LogP contribution in [0.3, 0.4) is 0 Å². The molecular weight excluding hydrogens is 272 g/mol. The molecule has 0 radical (unpaired) electrons. The molecule has 4 heteroatoms. The van der Waals surface area contributed by atoms with Crippen LogP contribution in [-0.2, 0) is 6.54 Å². The highest BCUT2D eigenvalue weighted by Gasteiger charge is 2.08. The van der Waals surface area contributed by atoms with E-state index in [1.165, 1.54) is 12.1 Å². The first kappa shape index (κ1) is 15.4. The Morgan fingerprint density at radius 1 is 1.05 bits per heavy atom. The highest BCUT2D eigenvalue weighted by Crippen LogP contribution is 2.28. The first-order valence-corrected chi connectivity index (χ1v) is 7.03. The van der Waals surface area contributed by atoms with Crippen LogP contribution in [0.2, 0.25) is 0 Å². The van der Waals surface area contributed by atoms with E-state index >= 15 is 0 Å². The fraction of sp³-hybridized carbons (Fsp3) is 0.294. The van der Waals surface area contributed by atoms with Gasteiger partial charge in [-0.15, -0.1) is 0 Å². The molecule has 0 saturated carbocycles. The number of hydrogen-bond acceptors (Lipinski definition) is 2. The van der Waals surface area contributed by atoms with Gasteiger partial charge in [0, 0.05) is 12.6 Å². The Morgan fingerprint density at radius 2 is 1.86 bits per heavy atom. The van der Waals surface area contributed by atoms with Gasteiger partial charge in [0.05, 0.1) is 0 Å². The van der Waals surface area contributed by atoms with Gasteiger partial charge < -0.3 is 10.1 Å². The largest absolute Gasteiger partial charge is 0.454 e. The summed E-state index contributed by atoms with van der Waals surface area (Å²) in [4.78, 5) is 0. The molecule has 0 fully saturated rings. The van der Waals surface area contributed by atoms with Crippen molar-refractivity contribution in [1.29, 1.82) is 0 Å². The highest BCUT2D eigenvalue weighted by atomic mass is 19.1. The summed E-state index contributed by atoms with van der Waals surface area (Å²) < 4.78 is 32.1. The summed E-state index contributed by atoms with van der Waals surface area (Å²) in [5, 5.41) is 3.30. The van der Waals surface area contributed by atoms with Gasteiger partial charge in [0.1, 0.15) is 11.6 Å². The van der Waals surface area contributed by atoms with Gasteiger partial charge in [-0.3, -0.25) is 0 Å². The van der Waals surface area contributed by atoms with E-state index in [1.807, 2.05) is 25.1 Å². The third-order valence-corrected chi connectivity index (χ3v) is 3.12. The minimum Gasteiger partial charge on any atom is -0.454 e. The van der Waals surface area contributed by atoms with E-state index in [9.17, 15) is 8.78 Å². The van der Waals surface area contributed by atoms with Gasteiger partial charge in [-0.1, -0.05) is 19.1 Å². The second-order valence-electron chi connectivity index (χ2n) is 4.95. The van der Waals surface area contributed by atoms with Crippen molar-refractivity contribution >= 4 is 0 Å². The predicted octanol–water partition coefficient (Wildman–Crippen LogP) is 4.57. The lowest BCUT2D eigenvalue weighted by atomic mass is 10.1. The van der Waals surface area contributed by atoms with E-state index in [4.69, 9.17) is 4.74 Å². The number of benzene rings is 2. The predicted molar refractivity (Wildman–Crippen MR) is 79.6 cm³/mol. The molecule has 0 saturated heterocycles. The summed E-state index contributed by atoms with van der Waals surface area (Å²) in [7, 11) is 0. The van der Waals surface area contributed by atoms with Crippen LogP contribution >= 0.6 is 0 Å². The molecule has 112 valence electrons. The van der Waals surface area contributed by atoms with E-state index in [0.717, 1.165) is 36.7 Å². The first-order chi connectivity index (χ1) is 10.1. The fourth-order valence-electron chi connectivity index (χ4n) is 1.95. The van der Waals surface area contributed by atoms with Gasteiger partial charge in [-0.2, -0.15) is 0 Å². The van der Waals surface area contributed by atoms with Crippen LogP contribution < -0.4 is 10.1 Å². The molecule has 0 heterocycles. The lowest BCUT2D eigenvalue weighted by Crippen LogP contribution is -2.13. The lowest BCUT2D eigenvalue weighted by Gasteiger charge is -2.12. The van der Waals surface area contributed by atoms with E-state index in [1.54, 1.807) is 0 Å². The molecule has 2 rings (SSSR count). The number of hydrogen-bond donors (Lipinski definition) is 1. The minimum atomic E-state index is -0.705. The van der Waals surface area contributed by atoms with E-state index in [0.29, 0.717) is 5.75 Å². The molecule has 21 heavy (non-hydrogen) atoms. The first-order valence-electron chi connectivity index (χ1n) is 7.03. The summed E-state index contributed by atoms with van der Waals surface area (Å²) in [5.74, 6) is -0.715. The van der Waals surface area contributed by atoms with Gasteiger partial charge in [0.25, 0.3) is 0 Å². The van der Waals surface area contributed by atoms with Gasteiger partial charge in [0.15, 0.2) is 11.6 Å². The quantitative estimate of drug-likeness (QED) is 0.787. The Labute approximate surface area is 123 Å². The average Bonchev–Trinajstić information content (AvgIpc) is 2.45. The number of halogens is 2. The molecule has 0 aliphatic heterocycles. The molecule has 2 nitrogen and oxygen atoms in total. The Morgan fingerprint density at radius 3 is 2.57 bits per heavy atom. The maximum absolute atomic E-state index is 13.6. The number of nitrogens with one attached hydrogen (secondary N) is 1. The third kappa shape index (κ3) is 4.26. The van der Waals surface area contributed by atoms with Crippen LogP contribution in [0.5, 0.6) is 11.5 Å². The molecular formula is C17H19F2NO. The maximum atomic E-state index is 13.6. The topological polar surface area (TPSA) is 21.3 Å². The molecule has 0 unspecified atom stereocenters. The Hall–Kier alpha value is -1.94. The van der Waals surface area contributed by atoms with Crippen LogP contribution in [0.1, 0.15) is 24.5 Å². The van der Waals surface area contributed by atoms with Crippen LogP contribution in [0, 0.1) is 18.6 Å². The molecule has 0 bridgehead atoms. The van der Waals surface area contributed by atoms with Gasteiger partial charge in [-0.25, -0.2) is 8.78 Å². The standard InChI is InChI=1S/C17H19F2NO/c1-3-8-20-11-13-5-4-12(2)17(9-13)21-16-7-6-14(18)10-15(16)19/h4-7,9-10,20H,3,8,11H2,1-2H3. The lowest BCUT2D eigenvalue weighted by molar-refractivity contribution is 0.434. The van der Waals surface area contributed by atoms with Crippen molar-refractivity contribution in [3.63, 3.8) is 0 Å². The molecule has 0 atom stereocenters. The summed E-state index contributed by atoms with van der Waals surface area (Å²) in [6.07, 6.45) is 1.07. The molecule has 2 aromatic rings. The Bertz CT molecular complexity index is 614. The summed E-state index contributed by atoms with van der Waals surface area (Å²) in [5.41, 5.74) is 1.96. The second kappa shape index (κ2) is 7.18. The van der Waals surface area contributed by atoms with Crippen molar-refractivity contribution in [1.82, 2.24) is 5.32 Å².